The number of pyridine rings is 1. The Bertz CT molecular complexity index is 502. The molecule has 7 nitrogen and oxygen atoms in total. The lowest BCUT2D eigenvalue weighted by Gasteiger charge is -2.19. The summed E-state index contributed by atoms with van der Waals surface area (Å²) in [5.74, 6) is -1.32. The highest BCUT2D eigenvalue weighted by Crippen LogP contribution is 2.06. The number of aromatic nitrogens is 1. The van der Waals surface area contributed by atoms with E-state index >= 15 is 0 Å². The van der Waals surface area contributed by atoms with Crippen LogP contribution in [-0.2, 0) is 9.59 Å². The quantitative estimate of drug-likeness (QED) is 0.647. The highest BCUT2D eigenvalue weighted by molar-refractivity contribution is 5.96. The SMILES string of the molecule is CC(C)C[C@H](NC(=O)c1ccccn1)C(=O)NCC(N)=O. The van der Waals surface area contributed by atoms with Crippen molar-refractivity contribution in [2.45, 2.75) is 26.3 Å². The average molecular weight is 292 g/mol. The highest BCUT2D eigenvalue weighted by Gasteiger charge is 2.23. The lowest BCUT2D eigenvalue weighted by molar-refractivity contribution is -0.126. The van der Waals surface area contributed by atoms with Gasteiger partial charge in [-0.2, -0.15) is 0 Å². The monoisotopic (exact) mass is 292 g/mol. The number of nitrogens with two attached hydrogens (primary N) is 1. The molecule has 0 aliphatic carbocycles. The summed E-state index contributed by atoms with van der Waals surface area (Å²) in [6, 6.07) is 4.20. The number of nitrogens with zero attached hydrogens (tertiary/aromatic N) is 1. The van der Waals surface area contributed by atoms with Crippen LogP contribution in [0.5, 0.6) is 0 Å². The molecule has 0 saturated heterocycles. The van der Waals surface area contributed by atoms with Gasteiger partial charge in [0.1, 0.15) is 11.7 Å². The maximum Gasteiger partial charge on any atom is 0.270 e. The molecule has 4 N–H and O–H groups in total. The van der Waals surface area contributed by atoms with Crippen molar-refractivity contribution in [2.75, 3.05) is 6.54 Å². The molecule has 0 aliphatic heterocycles. The van der Waals surface area contributed by atoms with Crippen LogP contribution in [0.2, 0.25) is 0 Å². The summed E-state index contributed by atoms with van der Waals surface area (Å²) in [7, 11) is 0. The molecule has 1 heterocycles. The van der Waals surface area contributed by atoms with Crippen molar-refractivity contribution >= 4 is 17.7 Å². The van der Waals surface area contributed by atoms with E-state index in [0.29, 0.717) is 6.42 Å². The van der Waals surface area contributed by atoms with Gasteiger partial charge >= 0.3 is 0 Å². The van der Waals surface area contributed by atoms with Crippen LogP contribution in [0.4, 0.5) is 0 Å². The molecule has 0 bridgehead atoms. The van der Waals surface area contributed by atoms with E-state index < -0.39 is 23.8 Å². The lowest BCUT2D eigenvalue weighted by atomic mass is 10.0. The summed E-state index contributed by atoms with van der Waals surface area (Å²) in [6.45, 7) is 3.61. The largest absolute Gasteiger partial charge is 0.368 e. The predicted molar refractivity (Wildman–Crippen MR) is 77.2 cm³/mol. The van der Waals surface area contributed by atoms with Gasteiger partial charge in [0.15, 0.2) is 0 Å². The molecule has 1 aromatic heterocycles. The van der Waals surface area contributed by atoms with E-state index in [1.54, 1.807) is 18.2 Å². The normalized spacial score (nSPS) is 11.8. The molecule has 21 heavy (non-hydrogen) atoms. The topological polar surface area (TPSA) is 114 Å². The molecule has 114 valence electrons. The molecule has 0 unspecified atom stereocenters. The first-order valence-corrected chi connectivity index (χ1v) is 6.68. The van der Waals surface area contributed by atoms with E-state index in [4.69, 9.17) is 5.73 Å². The molecule has 0 radical (unpaired) electrons. The van der Waals surface area contributed by atoms with Crippen LogP contribution in [0.1, 0.15) is 30.8 Å². The molecule has 1 aromatic rings. The number of carbonyl (C=O) groups excluding carboxylic acids is 3. The third-order valence-electron chi connectivity index (χ3n) is 2.66. The zero-order valence-corrected chi connectivity index (χ0v) is 12.1. The summed E-state index contributed by atoms with van der Waals surface area (Å²) in [5.41, 5.74) is 5.21. The minimum Gasteiger partial charge on any atom is -0.368 e. The predicted octanol–water partition coefficient (Wildman–Crippen LogP) is -0.172. The number of carbonyl (C=O) groups is 3. The number of primary amides is 1. The van der Waals surface area contributed by atoms with Crippen molar-refractivity contribution in [3.8, 4) is 0 Å². The maximum absolute atomic E-state index is 12.0. The Morgan fingerprint density at radius 2 is 2.00 bits per heavy atom. The minimum absolute atomic E-state index is 0.193. The van der Waals surface area contributed by atoms with Crippen molar-refractivity contribution in [3.63, 3.8) is 0 Å². The molecule has 3 amide bonds. The van der Waals surface area contributed by atoms with Crippen LogP contribution >= 0.6 is 0 Å². The molecular weight excluding hydrogens is 272 g/mol. The summed E-state index contributed by atoms with van der Waals surface area (Å²) in [4.78, 5) is 38.7. The number of hydrogen-bond donors (Lipinski definition) is 3. The van der Waals surface area contributed by atoms with Crippen LogP contribution < -0.4 is 16.4 Å². The first kappa shape index (κ1) is 16.6. The summed E-state index contributed by atoms with van der Waals surface area (Å²) >= 11 is 0. The van der Waals surface area contributed by atoms with Crippen LogP contribution in [0.25, 0.3) is 0 Å². The fraction of sp³-hybridized carbons (Fsp3) is 0.429. The first-order valence-electron chi connectivity index (χ1n) is 6.68. The second-order valence-electron chi connectivity index (χ2n) is 5.05. The fourth-order valence-electron chi connectivity index (χ4n) is 1.73. The Morgan fingerprint density at radius 1 is 1.29 bits per heavy atom. The molecule has 0 aliphatic rings. The number of rotatable bonds is 7. The third kappa shape index (κ3) is 6.03. The zero-order chi connectivity index (χ0) is 15.8. The number of amides is 3. The van der Waals surface area contributed by atoms with Gasteiger partial charge in [-0.1, -0.05) is 19.9 Å². The van der Waals surface area contributed by atoms with Gasteiger partial charge in [0.05, 0.1) is 6.54 Å². The molecule has 0 spiro atoms. The number of hydrogen-bond acceptors (Lipinski definition) is 4. The fourth-order valence-corrected chi connectivity index (χ4v) is 1.73. The Hall–Kier alpha value is -2.44. The van der Waals surface area contributed by atoms with Crippen LogP contribution in [0, 0.1) is 5.92 Å². The van der Waals surface area contributed by atoms with E-state index in [1.165, 1.54) is 6.20 Å². The standard InChI is InChI=1S/C14H20N4O3/c1-9(2)7-11(13(20)17-8-12(15)19)18-14(21)10-5-3-4-6-16-10/h3-6,9,11H,7-8H2,1-2H3,(H2,15,19)(H,17,20)(H,18,21)/t11-/m0/s1. The van der Waals surface area contributed by atoms with Gasteiger partial charge in [-0.05, 0) is 24.5 Å². The molecular formula is C14H20N4O3. The van der Waals surface area contributed by atoms with Crippen molar-refractivity contribution < 1.29 is 14.4 Å². The zero-order valence-electron chi connectivity index (χ0n) is 12.1. The summed E-state index contributed by atoms with van der Waals surface area (Å²) < 4.78 is 0. The summed E-state index contributed by atoms with van der Waals surface area (Å²) in [5, 5.41) is 5.02. The second-order valence-corrected chi connectivity index (χ2v) is 5.05. The molecule has 0 saturated carbocycles. The van der Waals surface area contributed by atoms with E-state index in [-0.39, 0.29) is 18.2 Å². The third-order valence-corrected chi connectivity index (χ3v) is 2.66. The van der Waals surface area contributed by atoms with Crippen molar-refractivity contribution in [2.24, 2.45) is 11.7 Å². The second kappa shape index (κ2) is 7.98. The van der Waals surface area contributed by atoms with E-state index in [2.05, 4.69) is 15.6 Å². The molecule has 1 rings (SSSR count). The van der Waals surface area contributed by atoms with E-state index in [9.17, 15) is 14.4 Å². The Labute approximate surface area is 123 Å². The van der Waals surface area contributed by atoms with Crippen LogP contribution in [0.3, 0.4) is 0 Å². The maximum atomic E-state index is 12.0. The Morgan fingerprint density at radius 3 is 2.52 bits per heavy atom. The van der Waals surface area contributed by atoms with Crippen molar-refractivity contribution in [1.29, 1.82) is 0 Å². The van der Waals surface area contributed by atoms with Crippen molar-refractivity contribution in [3.05, 3.63) is 30.1 Å². The highest BCUT2D eigenvalue weighted by atomic mass is 16.2. The molecule has 1 atom stereocenters. The first-order chi connectivity index (χ1) is 9.90. The van der Waals surface area contributed by atoms with Crippen LogP contribution in [0.15, 0.2) is 24.4 Å². The van der Waals surface area contributed by atoms with Gasteiger partial charge in [-0.15, -0.1) is 0 Å². The van der Waals surface area contributed by atoms with Gasteiger partial charge in [-0.25, -0.2) is 0 Å². The van der Waals surface area contributed by atoms with Crippen molar-refractivity contribution in [1.82, 2.24) is 15.6 Å². The van der Waals surface area contributed by atoms with Gasteiger partial charge in [-0.3, -0.25) is 19.4 Å². The molecule has 0 aromatic carbocycles. The minimum atomic E-state index is -0.737. The Kier molecular flexibility index (Phi) is 6.32. The molecule has 0 fully saturated rings. The van der Waals surface area contributed by atoms with Gasteiger partial charge in [0.25, 0.3) is 5.91 Å². The molecule has 7 heteroatoms. The number of nitrogens with one attached hydrogen (secondary N) is 2. The lowest BCUT2D eigenvalue weighted by Crippen LogP contribution is -2.49. The van der Waals surface area contributed by atoms with Gasteiger partial charge in [0, 0.05) is 6.20 Å². The average Bonchev–Trinajstić information content (AvgIpc) is 2.44. The van der Waals surface area contributed by atoms with Gasteiger partial charge in [0.2, 0.25) is 11.8 Å². The van der Waals surface area contributed by atoms with E-state index in [0.717, 1.165) is 0 Å². The smallest absolute Gasteiger partial charge is 0.270 e. The summed E-state index contributed by atoms with van der Waals surface area (Å²) in [6.07, 6.45) is 1.95. The Balaban J connectivity index is 2.71. The van der Waals surface area contributed by atoms with Gasteiger partial charge < -0.3 is 16.4 Å². The van der Waals surface area contributed by atoms with Crippen LogP contribution in [-0.4, -0.2) is 35.3 Å². The van der Waals surface area contributed by atoms with E-state index in [1.807, 2.05) is 13.8 Å².